The maximum absolute atomic E-state index is 12.3. The lowest BCUT2D eigenvalue weighted by atomic mass is 9.87. The van der Waals surface area contributed by atoms with Gasteiger partial charge in [-0.3, -0.25) is 4.79 Å². The molecule has 2 aliphatic rings. The summed E-state index contributed by atoms with van der Waals surface area (Å²) in [5.74, 6) is 0.452. The monoisotopic (exact) mass is 365 g/mol. The van der Waals surface area contributed by atoms with Crippen molar-refractivity contribution in [2.75, 3.05) is 24.5 Å². The van der Waals surface area contributed by atoms with Gasteiger partial charge in [-0.15, -0.1) is 0 Å². The molecule has 2 saturated heterocycles. The summed E-state index contributed by atoms with van der Waals surface area (Å²) in [5, 5.41) is 9.21. The van der Waals surface area contributed by atoms with Gasteiger partial charge in [0.25, 0.3) is 0 Å². The number of carbonyl (C=O) groups excluding carboxylic acids is 1. The zero-order chi connectivity index (χ0) is 19.1. The Hall–Kier alpha value is -2.89. The SMILES string of the molecule is CC(=O)N1C[C@H]2CN(c3cccc(C(=O)O)n3)C[C@H]2[C@H]1c1ccccc1C. The Balaban J connectivity index is 1.64. The number of pyridine rings is 1. The lowest BCUT2D eigenvalue weighted by Crippen LogP contribution is -2.34. The molecule has 1 aromatic heterocycles. The molecule has 3 atom stereocenters. The van der Waals surface area contributed by atoms with Crippen LogP contribution in [0.5, 0.6) is 0 Å². The van der Waals surface area contributed by atoms with Crippen molar-refractivity contribution in [2.24, 2.45) is 11.8 Å². The second-order valence-electron chi connectivity index (χ2n) is 7.49. The van der Waals surface area contributed by atoms with E-state index in [9.17, 15) is 14.7 Å². The molecule has 140 valence electrons. The molecule has 0 radical (unpaired) electrons. The lowest BCUT2D eigenvalue weighted by Gasteiger charge is -2.30. The standard InChI is InChI=1S/C21H23N3O3/c1-13-6-3-4-7-16(13)20-17-12-23(10-15(17)11-24(20)14(2)25)19-9-5-8-18(22-19)21(26)27/h3-9,15,17,20H,10-12H2,1-2H3,(H,26,27)/t15-,17-,20-/m1/s1. The van der Waals surface area contributed by atoms with Crippen LogP contribution in [0.1, 0.15) is 34.6 Å². The molecule has 0 saturated carbocycles. The summed E-state index contributed by atoms with van der Waals surface area (Å²) in [7, 11) is 0. The van der Waals surface area contributed by atoms with E-state index in [1.54, 1.807) is 13.0 Å². The van der Waals surface area contributed by atoms with Gasteiger partial charge in [0.2, 0.25) is 5.91 Å². The van der Waals surface area contributed by atoms with Crippen molar-refractivity contribution in [1.29, 1.82) is 0 Å². The van der Waals surface area contributed by atoms with Crippen LogP contribution in [0, 0.1) is 18.8 Å². The molecular formula is C21H23N3O3. The van der Waals surface area contributed by atoms with E-state index in [0.29, 0.717) is 17.7 Å². The van der Waals surface area contributed by atoms with Crippen LogP contribution < -0.4 is 4.90 Å². The fourth-order valence-electron chi connectivity index (χ4n) is 4.59. The van der Waals surface area contributed by atoms with Gasteiger partial charge in [-0.1, -0.05) is 30.3 Å². The molecule has 1 aromatic carbocycles. The van der Waals surface area contributed by atoms with Crippen LogP contribution in [0.3, 0.4) is 0 Å². The highest BCUT2D eigenvalue weighted by Gasteiger charge is 2.49. The minimum atomic E-state index is -1.02. The van der Waals surface area contributed by atoms with Gasteiger partial charge in [0.15, 0.2) is 5.69 Å². The molecule has 6 heteroatoms. The van der Waals surface area contributed by atoms with Crippen molar-refractivity contribution in [3.8, 4) is 0 Å². The second-order valence-corrected chi connectivity index (χ2v) is 7.49. The van der Waals surface area contributed by atoms with Gasteiger partial charge in [-0.25, -0.2) is 9.78 Å². The van der Waals surface area contributed by atoms with Crippen molar-refractivity contribution in [3.63, 3.8) is 0 Å². The number of aryl methyl sites for hydroxylation is 1. The number of fused-ring (bicyclic) bond motifs is 1. The number of carbonyl (C=O) groups is 2. The van der Waals surface area contributed by atoms with Crippen LogP contribution in [0.15, 0.2) is 42.5 Å². The number of rotatable bonds is 3. The highest BCUT2D eigenvalue weighted by molar-refractivity contribution is 5.85. The van der Waals surface area contributed by atoms with Crippen molar-refractivity contribution in [3.05, 3.63) is 59.3 Å². The van der Waals surface area contributed by atoms with Gasteiger partial charge in [0.05, 0.1) is 6.04 Å². The van der Waals surface area contributed by atoms with E-state index in [-0.39, 0.29) is 17.6 Å². The summed E-state index contributed by atoms with van der Waals surface area (Å²) >= 11 is 0. The zero-order valence-corrected chi connectivity index (χ0v) is 15.5. The van der Waals surface area contributed by atoms with Crippen molar-refractivity contribution in [2.45, 2.75) is 19.9 Å². The Bertz CT molecular complexity index is 898. The minimum Gasteiger partial charge on any atom is -0.477 e. The first-order valence-electron chi connectivity index (χ1n) is 9.23. The molecular weight excluding hydrogens is 342 g/mol. The molecule has 2 aromatic rings. The molecule has 2 fully saturated rings. The minimum absolute atomic E-state index is 0.0568. The molecule has 0 aliphatic carbocycles. The number of hydrogen-bond acceptors (Lipinski definition) is 4. The van der Waals surface area contributed by atoms with Gasteiger partial charge in [-0.05, 0) is 30.2 Å². The third-order valence-corrected chi connectivity index (χ3v) is 5.85. The molecule has 0 spiro atoms. The Morgan fingerprint density at radius 3 is 2.56 bits per heavy atom. The first-order valence-corrected chi connectivity index (χ1v) is 9.23. The van der Waals surface area contributed by atoms with Gasteiger partial charge in [-0.2, -0.15) is 0 Å². The third kappa shape index (κ3) is 3.05. The first-order chi connectivity index (χ1) is 13.0. The van der Waals surface area contributed by atoms with Gasteiger partial charge in [0.1, 0.15) is 5.82 Å². The van der Waals surface area contributed by atoms with Crippen LogP contribution in [-0.2, 0) is 4.79 Å². The molecule has 6 nitrogen and oxygen atoms in total. The number of anilines is 1. The maximum atomic E-state index is 12.3. The summed E-state index contributed by atoms with van der Waals surface area (Å²) in [5.41, 5.74) is 2.46. The number of likely N-dealkylation sites (tertiary alicyclic amines) is 1. The maximum Gasteiger partial charge on any atom is 0.354 e. The van der Waals surface area contributed by atoms with E-state index in [4.69, 9.17) is 0 Å². The highest BCUT2D eigenvalue weighted by atomic mass is 16.4. The molecule has 1 amide bonds. The fourth-order valence-corrected chi connectivity index (χ4v) is 4.59. The number of aromatic nitrogens is 1. The third-order valence-electron chi connectivity index (χ3n) is 5.85. The van der Waals surface area contributed by atoms with E-state index < -0.39 is 5.97 Å². The Labute approximate surface area is 158 Å². The zero-order valence-electron chi connectivity index (χ0n) is 15.5. The van der Waals surface area contributed by atoms with E-state index in [0.717, 1.165) is 19.6 Å². The fraction of sp³-hybridized carbons (Fsp3) is 0.381. The van der Waals surface area contributed by atoms with E-state index in [1.165, 1.54) is 17.2 Å². The normalized spacial score (nSPS) is 24.1. The summed E-state index contributed by atoms with van der Waals surface area (Å²) < 4.78 is 0. The van der Waals surface area contributed by atoms with Gasteiger partial charge >= 0.3 is 5.97 Å². The Morgan fingerprint density at radius 1 is 1.07 bits per heavy atom. The van der Waals surface area contributed by atoms with Crippen LogP contribution in [0.2, 0.25) is 0 Å². The smallest absolute Gasteiger partial charge is 0.354 e. The number of carboxylic acid groups (broad SMARTS) is 1. The summed E-state index contributed by atoms with van der Waals surface area (Å²) in [6, 6.07) is 13.4. The van der Waals surface area contributed by atoms with Gasteiger partial charge < -0.3 is 14.9 Å². The number of amides is 1. The Morgan fingerprint density at radius 2 is 1.85 bits per heavy atom. The number of benzene rings is 1. The summed E-state index contributed by atoms with van der Waals surface area (Å²) in [6.45, 7) is 6.01. The molecule has 4 rings (SSSR count). The number of nitrogens with zero attached hydrogens (tertiary/aromatic N) is 3. The molecule has 27 heavy (non-hydrogen) atoms. The topological polar surface area (TPSA) is 73.7 Å². The average Bonchev–Trinajstić information content (AvgIpc) is 3.20. The van der Waals surface area contributed by atoms with Crippen LogP contribution >= 0.6 is 0 Å². The number of carboxylic acids is 1. The number of aromatic carboxylic acids is 1. The van der Waals surface area contributed by atoms with Crippen LogP contribution in [-0.4, -0.2) is 46.5 Å². The van der Waals surface area contributed by atoms with Crippen LogP contribution in [0.25, 0.3) is 0 Å². The molecule has 0 unspecified atom stereocenters. The van der Waals surface area contributed by atoms with Crippen LogP contribution in [0.4, 0.5) is 5.82 Å². The van der Waals surface area contributed by atoms with E-state index >= 15 is 0 Å². The molecule has 3 heterocycles. The molecule has 1 N–H and O–H groups in total. The Kier molecular flexibility index (Phi) is 4.34. The average molecular weight is 365 g/mol. The quantitative estimate of drug-likeness (QED) is 0.905. The van der Waals surface area contributed by atoms with Gasteiger partial charge in [0, 0.05) is 38.4 Å². The largest absolute Gasteiger partial charge is 0.477 e. The molecule has 0 bridgehead atoms. The predicted molar refractivity (Wildman–Crippen MR) is 102 cm³/mol. The van der Waals surface area contributed by atoms with Crippen molar-refractivity contribution in [1.82, 2.24) is 9.88 Å². The second kappa shape index (κ2) is 6.68. The van der Waals surface area contributed by atoms with E-state index in [1.807, 2.05) is 23.1 Å². The highest BCUT2D eigenvalue weighted by Crippen LogP contribution is 2.46. The summed E-state index contributed by atoms with van der Waals surface area (Å²) in [4.78, 5) is 32.0. The lowest BCUT2D eigenvalue weighted by molar-refractivity contribution is -0.130. The number of hydrogen-bond donors (Lipinski definition) is 1. The van der Waals surface area contributed by atoms with Crippen molar-refractivity contribution >= 4 is 17.7 Å². The van der Waals surface area contributed by atoms with E-state index in [2.05, 4.69) is 28.9 Å². The molecule has 2 aliphatic heterocycles. The first kappa shape index (κ1) is 17.5. The van der Waals surface area contributed by atoms with Crippen molar-refractivity contribution < 1.29 is 14.7 Å². The summed E-state index contributed by atoms with van der Waals surface area (Å²) in [6.07, 6.45) is 0. The predicted octanol–water partition coefficient (Wildman–Crippen LogP) is 2.74.